The molecule has 0 heterocycles. The molecule has 0 amide bonds. The van der Waals surface area contributed by atoms with Gasteiger partial charge in [-0.1, -0.05) is 6.92 Å². The predicted octanol–water partition coefficient (Wildman–Crippen LogP) is 2.78. The van der Waals surface area contributed by atoms with E-state index in [1.165, 1.54) is 12.8 Å². The Morgan fingerprint density at radius 2 is 2.19 bits per heavy atom. The molecule has 0 aromatic heterocycles. The van der Waals surface area contributed by atoms with Crippen LogP contribution in [0.4, 0.5) is 5.69 Å². The predicted molar refractivity (Wildman–Crippen MR) is 63.5 cm³/mol. The van der Waals surface area contributed by atoms with Crippen LogP contribution in [0.1, 0.15) is 25.3 Å². The Morgan fingerprint density at radius 3 is 2.75 bits per heavy atom. The molecule has 3 nitrogen and oxygen atoms in total. The monoisotopic (exact) mass is 216 g/mol. The maximum atomic E-state index is 9.01. The number of rotatable bonds is 3. The van der Waals surface area contributed by atoms with Gasteiger partial charge in [-0.2, -0.15) is 5.26 Å². The molecule has 1 aromatic carbocycles. The van der Waals surface area contributed by atoms with E-state index < -0.39 is 0 Å². The van der Waals surface area contributed by atoms with Gasteiger partial charge in [-0.15, -0.1) is 0 Å². The van der Waals surface area contributed by atoms with Gasteiger partial charge in [-0.3, -0.25) is 0 Å². The molecule has 84 valence electrons. The Morgan fingerprint density at radius 1 is 1.44 bits per heavy atom. The third kappa shape index (κ3) is 2.11. The van der Waals surface area contributed by atoms with Crippen LogP contribution in [0, 0.1) is 17.2 Å². The smallest absolute Gasteiger partial charge is 0.121 e. The first-order chi connectivity index (χ1) is 7.72. The lowest BCUT2D eigenvalue weighted by atomic mass is 9.81. The minimum atomic E-state index is 0.509. The first-order valence-electron chi connectivity index (χ1n) is 5.57. The summed E-state index contributed by atoms with van der Waals surface area (Å²) < 4.78 is 5.16. The number of benzene rings is 1. The first kappa shape index (κ1) is 10.8. The second kappa shape index (κ2) is 4.44. The van der Waals surface area contributed by atoms with Gasteiger partial charge in [0.25, 0.3) is 0 Å². The number of hydrogen-bond acceptors (Lipinski definition) is 3. The molecule has 2 rings (SSSR count). The van der Waals surface area contributed by atoms with Gasteiger partial charge in [0.1, 0.15) is 11.8 Å². The van der Waals surface area contributed by atoms with Crippen molar-refractivity contribution in [3.63, 3.8) is 0 Å². The molecule has 1 N–H and O–H groups in total. The minimum absolute atomic E-state index is 0.509. The van der Waals surface area contributed by atoms with Crippen LogP contribution < -0.4 is 10.1 Å². The SMILES string of the molecule is COc1ccc(C#N)c(NC2CC(C)C2)c1. The molecular weight excluding hydrogens is 200 g/mol. The fraction of sp³-hybridized carbons (Fsp3) is 0.462. The Kier molecular flexibility index (Phi) is 3.00. The standard InChI is InChI=1S/C13H16N2O/c1-9-5-11(6-9)15-13-7-12(16-2)4-3-10(13)8-14/h3-4,7,9,11,15H,5-6H2,1-2H3. The van der Waals surface area contributed by atoms with Crippen molar-refractivity contribution in [2.45, 2.75) is 25.8 Å². The van der Waals surface area contributed by atoms with E-state index in [9.17, 15) is 0 Å². The number of methoxy groups -OCH3 is 1. The molecule has 0 aliphatic heterocycles. The molecule has 1 aliphatic rings. The Balaban J connectivity index is 2.14. The highest BCUT2D eigenvalue weighted by molar-refractivity contribution is 5.61. The summed E-state index contributed by atoms with van der Waals surface area (Å²) in [5.41, 5.74) is 1.57. The summed E-state index contributed by atoms with van der Waals surface area (Å²) in [6, 6.07) is 8.20. The average Bonchev–Trinajstić information content (AvgIpc) is 2.27. The Labute approximate surface area is 96.0 Å². The highest BCUT2D eigenvalue weighted by atomic mass is 16.5. The zero-order chi connectivity index (χ0) is 11.5. The van der Waals surface area contributed by atoms with E-state index in [0.717, 1.165) is 17.4 Å². The summed E-state index contributed by atoms with van der Waals surface area (Å²) in [6.45, 7) is 2.25. The molecule has 0 unspecified atom stereocenters. The molecule has 3 heteroatoms. The zero-order valence-electron chi connectivity index (χ0n) is 9.66. The van der Waals surface area contributed by atoms with Crippen LogP contribution in [-0.2, 0) is 0 Å². The molecule has 1 aliphatic carbocycles. The molecule has 1 fully saturated rings. The van der Waals surface area contributed by atoms with E-state index in [1.54, 1.807) is 13.2 Å². The van der Waals surface area contributed by atoms with Crippen molar-refractivity contribution in [2.75, 3.05) is 12.4 Å². The lowest BCUT2D eigenvalue weighted by Crippen LogP contribution is -2.33. The minimum Gasteiger partial charge on any atom is -0.497 e. The van der Waals surface area contributed by atoms with Gasteiger partial charge in [0.15, 0.2) is 0 Å². The van der Waals surface area contributed by atoms with Gasteiger partial charge in [-0.25, -0.2) is 0 Å². The lowest BCUT2D eigenvalue weighted by Gasteiger charge is -2.34. The van der Waals surface area contributed by atoms with Gasteiger partial charge >= 0.3 is 0 Å². The van der Waals surface area contributed by atoms with Gasteiger partial charge in [0.2, 0.25) is 0 Å². The van der Waals surface area contributed by atoms with Crippen LogP contribution in [0.2, 0.25) is 0 Å². The van der Waals surface area contributed by atoms with Gasteiger partial charge in [0, 0.05) is 12.1 Å². The van der Waals surface area contributed by atoms with Crippen LogP contribution >= 0.6 is 0 Å². The fourth-order valence-electron chi connectivity index (χ4n) is 2.11. The van der Waals surface area contributed by atoms with Crippen molar-refractivity contribution in [1.82, 2.24) is 0 Å². The normalized spacial score (nSPS) is 23.1. The fourth-order valence-corrected chi connectivity index (χ4v) is 2.11. The third-order valence-corrected chi connectivity index (χ3v) is 3.08. The highest BCUT2D eigenvalue weighted by Crippen LogP contribution is 2.31. The molecule has 0 bridgehead atoms. The maximum absolute atomic E-state index is 9.01. The van der Waals surface area contributed by atoms with Gasteiger partial charge in [0.05, 0.1) is 18.4 Å². The van der Waals surface area contributed by atoms with Crippen LogP contribution in [0.15, 0.2) is 18.2 Å². The van der Waals surface area contributed by atoms with E-state index in [1.807, 2.05) is 12.1 Å². The van der Waals surface area contributed by atoms with Crippen LogP contribution in [-0.4, -0.2) is 13.2 Å². The lowest BCUT2D eigenvalue weighted by molar-refractivity contribution is 0.309. The van der Waals surface area contributed by atoms with Crippen molar-refractivity contribution in [2.24, 2.45) is 5.92 Å². The highest BCUT2D eigenvalue weighted by Gasteiger charge is 2.25. The summed E-state index contributed by atoms with van der Waals surface area (Å²) in [5.74, 6) is 1.59. The van der Waals surface area contributed by atoms with E-state index in [-0.39, 0.29) is 0 Å². The summed E-state index contributed by atoms with van der Waals surface area (Å²) in [7, 11) is 1.64. The van der Waals surface area contributed by atoms with E-state index >= 15 is 0 Å². The molecule has 1 aromatic rings. The molecule has 0 spiro atoms. The number of nitriles is 1. The number of anilines is 1. The van der Waals surface area contributed by atoms with Crippen molar-refractivity contribution >= 4 is 5.69 Å². The second-order valence-electron chi connectivity index (χ2n) is 4.44. The molecule has 16 heavy (non-hydrogen) atoms. The number of ether oxygens (including phenoxy) is 1. The van der Waals surface area contributed by atoms with E-state index in [0.29, 0.717) is 11.6 Å². The van der Waals surface area contributed by atoms with Crippen molar-refractivity contribution in [3.8, 4) is 11.8 Å². The summed E-state index contributed by atoms with van der Waals surface area (Å²) in [5, 5.41) is 12.4. The topological polar surface area (TPSA) is 45.0 Å². The third-order valence-electron chi connectivity index (χ3n) is 3.08. The maximum Gasteiger partial charge on any atom is 0.121 e. The molecule has 0 saturated heterocycles. The van der Waals surface area contributed by atoms with E-state index in [2.05, 4.69) is 18.3 Å². The summed E-state index contributed by atoms with van der Waals surface area (Å²) in [4.78, 5) is 0. The van der Waals surface area contributed by atoms with Crippen molar-refractivity contribution < 1.29 is 4.74 Å². The largest absolute Gasteiger partial charge is 0.497 e. The van der Waals surface area contributed by atoms with Crippen LogP contribution in [0.25, 0.3) is 0 Å². The van der Waals surface area contributed by atoms with Crippen molar-refractivity contribution in [3.05, 3.63) is 23.8 Å². The van der Waals surface area contributed by atoms with Crippen LogP contribution in [0.3, 0.4) is 0 Å². The van der Waals surface area contributed by atoms with Crippen molar-refractivity contribution in [1.29, 1.82) is 5.26 Å². The quantitative estimate of drug-likeness (QED) is 0.845. The number of hydrogen-bond donors (Lipinski definition) is 1. The summed E-state index contributed by atoms with van der Waals surface area (Å²) >= 11 is 0. The molecule has 0 atom stereocenters. The molecule has 1 saturated carbocycles. The van der Waals surface area contributed by atoms with Crippen LogP contribution in [0.5, 0.6) is 5.75 Å². The first-order valence-corrected chi connectivity index (χ1v) is 5.57. The molecule has 0 radical (unpaired) electrons. The number of nitrogens with one attached hydrogen (secondary N) is 1. The van der Waals surface area contributed by atoms with E-state index in [4.69, 9.17) is 10.00 Å². The average molecular weight is 216 g/mol. The van der Waals surface area contributed by atoms with Gasteiger partial charge in [-0.05, 0) is 30.9 Å². The second-order valence-corrected chi connectivity index (χ2v) is 4.44. The van der Waals surface area contributed by atoms with Gasteiger partial charge < -0.3 is 10.1 Å². The zero-order valence-corrected chi connectivity index (χ0v) is 9.66. The summed E-state index contributed by atoms with van der Waals surface area (Å²) in [6.07, 6.45) is 2.37. The molecular formula is C13H16N2O. The number of nitrogens with zero attached hydrogens (tertiary/aromatic N) is 1. The Hall–Kier alpha value is -1.69. The Bertz CT molecular complexity index is 416.